The summed E-state index contributed by atoms with van der Waals surface area (Å²) < 4.78 is 5.26. The number of benzene rings is 1. The Hall–Kier alpha value is -3.02. The monoisotopic (exact) mass is 448 g/mol. The maximum atomic E-state index is 13.5. The molecule has 1 aliphatic carbocycles. The van der Waals surface area contributed by atoms with Gasteiger partial charge in [-0.05, 0) is 51.8 Å². The van der Waals surface area contributed by atoms with Gasteiger partial charge < -0.3 is 9.64 Å². The van der Waals surface area contributed by atoms with E-state index < -0.39 is 0 Å². The van der Waals surface area contributed by atoms with Gasteiger partial charge >= 0.3 is 6.03 Å². The van der Waals surface area contributed by atoms with Gasteiger partial charge in [0, 0.05) is 25.8 Å². The summed E-state index contributed by atoms with van der Waals surface area (Å²) in [6.07, 6.45) is 7.44. The average molecular weight is 449 g/mol. The Kier molecular flexibility index (Phi) is 6.63. The number of rotatable bonds is 7. The molecule has 0 bridgehead atoms. The number of hydrogen-bond acceptors (Lipinski definition) is 6. The van der Waals surface area contributed by atoms with E-state index in [0.29, 0.717) is 31.2 Å². The van der Waals surface area contributed by atoms with Crippen LogP contribution < -0.4 is 4.90 Å². The Morgan fingerprint density at radius 2 is 1.79 bits per heavy atom. The summed E-state index contributed by atoms with van der Waals surface area (Å²) in [6.45, 7) is 1.81. The van der Waals surface area contributed by atoms with E-state index >= 15 is 0 Å². The number of nitriles is 1. The molecular weight excluding hydrogens is 416 g/mol. The van der Waals surface area contributed by atoms with Gasteiger partial charge in [-0.15, -0.1) is 0 Å². The molecule has 0 unspecified atom stereocenters. The number of carbonyl (C=O) groups excluding carboxylic acids is 1. The fourth-order valence-corrected chi connectivity index (χ4v) is 5.47. The molecule has 2 fully saturated rings. The molecule has 2 amide bonds. The Morgan fingerprint density at radius 3 is 2.36 bits per heavy atom. The summed E-state index contributed by atoms with van der Waals surface area (Å²) in [5.41, 5.74) is 1.39. The second-order valence-corrected chi connectivity index (χ2v) is 9.27. The SMILES string of the molecule is COCCCN1C(=O)N(c2ncc(C#N)cn2)C[C@]12CC[C@](c1ccccc1)(N(C)C)CC2. The van der Waals surface area contributed by atoms with E-state index in [-0.39, 0.29) is 17.1 Å². The molecule has 1 saturated carbocycles. The molecule has 1 aromatic heterocycles. The molecule has 174 valence electrons. The molecule has 1 aliphatic heterocycles. The van der Waals surface area contributed by atoms with Gasteiger partial charge in [0.05, 0.1) is 30.0 Å². The first-order valence-corrected chi connectivity index (χ1v) is 11.5. The lowest BCUT2D eigenvalue weighted by Crippen LogP contribution is -2.55. The van der Waals surface area contributed by atoms with Crippen molar-refractivity contribution in [1.82, 2.24) is 19.8 Å². The fraction of sp³-hybridized carbons (Fsp3) is 0.520. The maximum absolute atomic E-state index is 13.5. The second kappa shape index (κ2) is 9.46. The summed E-state index contributed by atoms with van der Waals surface area (Å²) in [6, 6.07) is 12.7. The van der Waals surface area contributed by atoms with E-state index in [9.17, 15) is 4.79 Å². The highest BCUT2D eigenvalue weighted by molar-refractivity contribution is 5.93. The van der Waals surface area contributed by atoms with Crippen LogP contribution in [0.1, 0.15) is 43.2 Å². The number of aromatic nitrogens is 2. The van der Waals surface area contributed by atoms with Crippen LogP contribution in [-0.4, -0.2) is 72.2 Å². The highest BCUT2D eigenvalue weighted by atomic mass is 16.5. The van der Waals surface area contributed by atoms with E-state index in [2.05, 4.69) is 59.3 Å². The molecule has 33 heavy (non-hydrogen) atoms. The predicted molar refractivity (Wildman–Crippen MR) is 126 cm³/mol. The zero-order valence-corrected chi connectivity index (χ0v) is 19.7. The number of anilines is 1. The third kappa shape index (κ3) is 4.19. The summed E-state index contributed by atoms with van der Waals surface area (Å²) in [7, 11) is 5.99. The van der Waals surface area contributed by atoms with Crippen LogP contribution in [0, 0.1) is 11.3 Å². The first-order valence-electron chi connectivity index (χ1n) is 11.5. The standard InChI is InChI=1S/C25H32N6O2/c1-29(2)25(21-8-5-4-6-9-21)12-10-24(11-13-25)19-30(22-27-17-20(16-26)18-28-22)23(32)31(24)14-7-15-33-3/h4-6,8-9,17-18H,7,10-15,19H2,1-3H3/t24-,25+. The third-order valence-corrected chi connectivity index (χ3v) is 7.40. The Bertz CT molecular complexity index is 994. The molecule has 2 aliphatic rings. The normalized spacial score (nSPS) is 25.1. The summed E-state index contributed by atoms with van der Waals surface area (Å²) >= 11 is 0. The van der Waals surface area contributed by atoms with Crippen LogP contribution in [0.3, 0.4) is 0 Å². The van der Waals surface area contributed by atoms with Crippen molar-refractivity contribution in [2.75, 3.05) is 45.8 Å². The third-order valence-electron chi connectivity index (χ3n) is 7.40. The fourth-order valence-electron chi connectivity index (χ4n) is 5.47. The van der Waals surface area contributed by atoms with Crippen molar-refractivity contribution in [3.8, 4) is 6.07 Å². The van der Waals surface area contributed by atoms with Crippen LogP contribution in [0.25, 0.3) is 0 Å². The molecule has 0 radical (unpaired) electrons. The van der Waals surface area contributed by atoms with Crippen LogP contribution in [0.4, 0.5) is 10.7 Å². The van der Waals surface area contributed by atoms with Crippen molar-refractivity contribution in [3.63, 3.8) is 0 Å². The Morgan fingerprint density at radius 1 is 1.12 bits per heavy atom. The van der Waals surface area contributed by atoms with E-state index in [1.165, 1.54) is 18.0 Å². The molecular formula is C25H32N6O2. The van der Waals surface area contributed by atoms with Gasteiger partial charge in [0.15, 0.2) is 0 Å². The largest absolute Gasteiger partial charge is 0.385 e. The van der Waals surface area contributed by atoms with Crippen molar-refractivity contribution in [2.45, 2.75) is 43.2 Å². The quantitative estimate of drug-likeness (QED) is 0.604. The number of nitrogens with zero attached hydrogens (tertiary/aromatic N) is 6. The first kappa shape index (κ1) is 23.1. The predicted octanol–water partition coefficient (Wildman–Crippen LogP) is 3.40. The maximum Gasteiger partial charge on any atom is 0.327 e. The zero-order chi connectivity index (χ0) is 23.5. The van der Waals surface area contributed by atoms with Crippen molar-refractivity contribution in [2.24, 2.45) is 0 Å². The molecule has 0 N–H and O–H groups in total. The lowest BCUT2D eigenvalue weighted by atomic mass is 9.68. The number of amides is 2. The molecule has 1 saturated heterocycles. The Balaban J connectivity index is 1.62. The second-order valence-electron chi connectivity index (χ2n) is 9.27. The summed E-state index contributed by atoms with van der Waals surface area (Å²) in [4.78, 5) is 28.2. The summed E-state index contributed by atoms with van der Waals surface area (Å²) in [5, 5.41) is 9.06. The van der Waals surface area contributed by atoms with Gasteiger partial charge in [-0.3, -0.25) is 9.80 Å². The van der Waals surface area contributed by atoms with Gasteiger partial charge in [-0.2, -0.15) is 5.26 Å². The average Bonchev–Trinajstić information content (AvgIpc) is 3.11. The van der Waals surface area contributed by atoms with Gasteiger partial charge in [-0.1, -0.05) is 30.3 Å². The van der Waals surface area contributed by atoms with Gasteiger partial charge in [0.25, 0.3) is 0 Å². The molecule has 1 aromatic carbocycles. The number of methoxy groups -OCH3 is 1. The molecule has 8 nitrogen and oxygen atoms in total. The number of urea groups is 1. The van der Waals surface area contributed by atoms with Crippen molar-refractivity contribution >= 4 is 12.0 Å². The smallest absolute Gasteiger partial charge is 0.327 e. The first-order chi connectivity index (χ1) is 16.0. The van der Waals surface area contributed by atoms with Crippen LogP contribution in [0.15, 0.2) is 42.7 Å². The van der Waals surface area contributed by atoms with E-state index in [1.807, 2.05) is 11.0 Å². The lowest BCUT2D eigenvalue weighted by Gasteiger charge is -2.51. The van der Waals surface area contributed by atoms with Crippen LogP contribution >= 0.6 is 0 Å². The van der Waals surface area contributed by atoms with Crippen LogP contribution in [0.2, 0.25) is 0 Å². The molecule has 4 rings (SSSR count). The van der Waals surface area contributed by atoms with Crippen LogP contribution in [0.5, 0.6) is 0 Å². The molecule has 8 heteroatoms. The number of ether oxygens (including phenoxy) is 1. The Labute approximate surface area is 195 Å². The number of carbonyl (C=O) groups is 1. The van der Waals surface area contributed by atoms with Gasteiger partial charge in [-0.25, -0.2) is 14.8 Å². The van der Waals surface area contributed by atoms with Crippen molar-refractivity contribution < 1.29 is 9.53 Å². The molecule has 2 heterocycles. The molecule has 0 atom stereocenters. The lowest BCUT2D eigenvalue weighted by molar-refractivity contribution is 0.0240. The van der Waals surface area contributed by atoms with E-state index in [0.717, 1.165) is 32.1 Å². The minimum Gasteiger partial charge on any atom is -0.385 e. The van der Waals surface area contributed by atoms with Crippen molar-refractivity contribution in [3.05, 3.63) is 53.9 Å². The zero-order valence-electron chi connectivity index (χ0n) is 19.7. The summed E-state index contributed by atoms with van der Waals surface area (Å²) in [5.74, 6) is 0.361. The highest BCUT2D eigenvalue weighted by Gasteiger charge is 2.55. The highest BCUT2D eigenvalue weighted by Crippen LogP contribution is 2.49. The topological polar surface area (TPSA) is 85.6 Å². The molecule has 1 spiro atoms. The van der Waals surface area contributed by atoms with E-state index in [1.54, 1.807) is 12.0 Å². The van der Waals surface area contributed by atoms with Crippen molar-refractivity contribution in [1.29, 1.82) is 5.26 Å². The van der Waals surface area contributed by atoms with E-state index in [4.69, 9.17) is 10.00 Å². The minimum absolute atomic E-state index is 0.0495. The van der Waals surface area contributed by atoms with Gasteiger partial charge in [0.2, 0.25) is 5.95 Å². The van der Waals surface area contributed by atoms with Crippen LogP contribution in [-0.2, 0) is 10.3 Å². The minimum atomic E-state index is -0.267. The van der Waals surface area contributed by atoms with Gasteiger partial charge in [0.1, 0.15) is 6.07 Å². The molecule has 2 aromatic rings. The number of hydrogen-bond donors (Lipinski definition) is 0.